The lowest BCUT2D eigenvalue weighted by atomic mass is 10.5. The van der Waals surface area contributed by atoms with E-state index in [2.05, 4.69) is 10.2 Å². The van der Waals surface area contributed by atoms with Crippen LogP contribution in [0.15, 0.2) is 21.6 Å². The van der Waals surface area contributed by atoms with Crippen molar-refractivity contribution in [3.63, 3.8) is 0 Å². The molecule has 17 heavy (non-hydrogen) atoms. The van der Waals surface area contributed by atoms with Crippen LogP contribution in [0, 0.1) is 6.92 Å². The summed E-state index contributed by atoms with van der Waals surface area (Å²) in [6.45, 7) is 1.87. The molecule has 0 radical (unpaired) electrons. The second kappa shape index (κ2) is 4.62. The molecule has 2 rings (SSSR count). The topological polar surface area (TPSA) is 81.2 Å². The standard InChI is InChI=1S/C10H11N3O3S/c1-6-11-12-8(13(6)2)5-17-9-4-3-7(16-9)10(14)15/h3-4H,5H2,1-2H3,(H,14,15). The summed E-state index contributed by atoms with van der Waals surface area (Å²) in [4.78, 5) is 10.6. The molecule has 7 heteroatoms. The van der Waals surface area contributed by atoms with Crippen LogP contribution < -0.4 is 0 Å². The maximum absolute atomic E-state index is 10.6. The second-order valence-corrected chi connectivity index (χ2v) is 4.41. The van der Waals surface area contributed by atoms with Crippen LogP contribution in [0.2, 0.25) is 0 Å². The van der Waals surface area contributed by atoms with E-state index in [1.54, 1.807) is 6.07 Å². The van der Waals surface area contributed by atoms with Crippen LogP contribution in [0.1, 0.15) is 22.2 Å². The Labute approximate surface area is 102 Å². The van der Waals surface area contributed by atoms with E-state index in [0.29, 0.717) is 10.8 Å². The highest BCUT2D eigenvalue weighted by molar-refractivity contribution is 7.98. The smallest absolute Gasteiger partial charge is 0.371 e. The van der Waals surface area contributed by atoms with Gasteiger partial charge >= 0.3 is 5.97 Å². The maximum Gasteiger partial charge on any atom is 0.371 e. The highest BCUT2D eigenvalue weighted by atomic mass is 32.2. The lowest BCUT2D eigenvalue weighted by Crippen LogP contribution is -1.97. The fraction of sp³-hybridized carbons (Fsp3) is 0.300. The van der Waals surface area contributed by atoms with Gasteiger partial charge in [0.1, 0.15) is 11.6 Å². The molecule has 0 aliphatic heterocycles. The minimum absolute atomic E-state index is 0.0540. The van der Waals surface area contributed by atoms with Crippen molar-refractivity contribution in [2.75, 3.05) is 0 Å². The van der Waals surface area contributed by atoms with Gasteiger partial charge in [-0.05, 0) is 19.1 Å². The third kappa shape index (κ3) is 2.50. The summed E-state index contributed by atoms with van der Waals surface area (Å²) in [5.41, 5.74) is 0. The van der Waals surface area contributed by atoms with Crippen molar-refractivity contribution in [1.29, 1.82) is 0 Å². The van der Waals surface area contributed by atoms with Crippen molar-refractivity contribution in [3.8, 4) is 0 Å². The van der Waals surface area contributed by atoms with Crippen LogP contribution >= 0.6 is 11.8 Å². The molecule has 0 unspecified atom stereocenters. The molecule has 0 spiro atoms. The van der Waals surface area contributed by atoms with Gasteiger partial charge in [-0.25, -0.2) is 4.79 Å². The van der Waals surface area contributed by atoms with Crippen molar-refractivity contribution in [1.82, 2.24) is 14.8 Å². The molecule has 2 heterocycles. The van der Waals surface area contributed by atoms with E-state index in [4.69, 9.17) is 9.52 Å². The van der Waals surface area contributed by atoms with Crippen LogP contribution in [0.3, 0.4) is 0 Å². The van der Waals surface area contributed by atoms with Gasteiger partial charge in [-0.1, -0.05) is 11.8 Å². The summed E-state index contributed by atoms with van der Waals surface area (Å²) in [7, 11) is 1.88. The fourth-order valence-corrected chi connectivity index (χ4v) is 2.06. The van der Waals surface area contributed by atoms with Gasteiger partial charge in [-0.2, -0.15) is 0 Å². The summed E-state index contributed by atoms with van der Waals surface area (Å²) < 4.78 is 7.00. The lowest BCUT2D eigenvalue weighted by molar-refractivity contribution is 0.0656. The molecule has 90 valence electrons. The molecule has 0 aliphatic carbocycles. The number of rotatable bonds is 4. The predicted molar refractivity (Wildman–Crippen MR) is 61.0 cm³/mol. The summed E-state index contributed by atoms with van der Waals surface area (Å²) in [5.74, 6) is 1.13. The van der Waals surface area contributed by atoms with Crippen LogP contribution in [0.5, 0.6) is 0 Å². The first-order valence-electron chi connectivity index (χ1n) is 4.88. The third-order valence-corrected chi connectivity index (χ3v) is 3.22. The number of thioether (sulfide) groups is 1. The SMILES string of the molecule is Cc1nnc(CSc2ccc(C(=O)O)o2)n1C. The molecule has 6 nitrogen and oxygen atoms in total. The van der Waals surface area contributed by atoms with Gasteiger partial charge in [-0.3, -0.25) is 0 Å². The van der Waals surface area contributed by atoms with Crippen LogP contribution in [0.25, 0.3) is 0 Å². The summed E-state index contributed by atoms with van der Waals surface area (Å²) in [6, 6.07) is 3.07. The number of aromatic nitrogens is 3. The number of carboxylic acids is 1. The zero-order valence-electron chi connectivity index (χ0n) is 9.38. The quantitative estimate of drug-likeness (QED) is 0.835. The van der Waals surface area contributed by atoms with E-state index in [9.17, 15) is 4.79 Å². The summed E-state index contributed by atoms with van der Waals surface area (Å²) >= 11 is 1.39. The van der Waals surface area contributed by atoms with Crippen LogP contribution in [-0.4, -0.2) is 25.8 Å². The Kier molecular flexibility index (Phi) is 3.19. The minimum Gasteiger partial charge on any atom is -0.475 e. The van der Waals surface area contributed by atoms with Crippen LogP contribution in [-0.2, 0) is 12.8 Å². The molecule has 0 aliphatic rings. The molecule has 0 aromatic carbocycles. The number of aryl methyl sites for hydroxylation is 1. The molecule has 1 N–H and O–H groups in total. The van der Waals surface area contributed by atoms with Gasteiger partial charge in [-0.15, -0.1) is 10.2 Å². The van der Waals surface area contributed by atoms with Gasteiger partial charge in [0.05, 0.1) is 5.75 Å². The van der Waals surface area contributed by atoms with Crippen molar-refractivity contribution in [3.05, 3.63) is 29.5 Å². The number of aromatic carboxylic acids is 1. The molecular formula is C10H11N3O3S. The van der Waals surface area contributed by atoms with Gasteiger partial charge < -0.3 is 14.1 Å². The fourth-order valence-electron chi connectivity index (χ4n) is 1.23. The van der Waals surface area contributed by atoms with Gasteiger partial charge in [0, 0.05) is 7.05 Å². The Morgan fingerprint density at radius 3 is 2.82 bits per heavy atom. The highest BCUT2D eigenvalue weighted by Gasteiger charge is 2.11. The predicted octanol–water partition coefficient (Wildman–Crippen LogP) is 1.71. The van der Waals surface area contributed by atoms with E-state index < -0.39 is 5.97 Å². The largest absolute Gasteiger partial charge is 0.475 e. The van der Waals surface area contributed by atoms with Crippen molar-refractivity contribution >= 4 is 17.7 Å². The third-order valence-electron chi connectivity index (χ3n) is 2.32. The van der Waals surface area contributed by atoms with E-state index in [1.165, 1.54) is 17.8 Å². The first-order valence-corrected chi connectivity index (χ1v) is 5.87. The van der Waals surface area contributed by atoms with Crippen molar-refractivity contribution in [2.45, 2.75) is 17.8 Å². The van der Waals surface area contributed by atoms with Crippen molar-refractivity contribution < 1.29 is 14.3 Å². The Balaban J connectivity index is 2.02. The maximum atomic E-state index is 10.6. The molecule has 0 amide bonds. The summed E-state index contributed by atoms with van der Waals surface area (Å²) in [6.07, 6.45) is 0. The first-order chi connectivity index (χ1) is 8.08. The minimum atomic E-state index is -1.06. The number of carbonyl (C=O) groups is 1. The normalized spacial score (nSPS) is 10.7. The number of carboxylic acid groups (broad SMARTS) is 1. The molecule has 2 aromatic rings. The van der Waals surface area contributed by atoms with E-state index in [-0.39, 0.29) is 5.76 Å². The zero-order valence-corrected chi connectivity index (χ0v) is 10.2. The average Bonchev–Trinajstić information content (AvgIpc) is 2.86. The molecule has 0 saturated heterocycles. The van der Waals surface area contributed by atoms with Gasteiger partial charge in [0.15, 0.2) is 5.09 Å². The molecular weight excluding hydrogens is 242 g/mol. The van der Waals surface area contributed by atoms with E-state index in [1.807, 2.05) is 18.5 Å². The molecule has 0 atom stereocenters. The van der Waals surface area contributed by atoms with E-state index >= 15 is 0 Å². The lowest BCUT2D eigenvalue weighted by Gasteiger charge is -1.99. The Bertz CT molecular complexity index is 547. The van der Waals surface area contributed by atoms with Crippen LogP contribution in [0.4, 0.5) is 0 Å². The molecule has 0 bridgehead atoms. The first kappa shape index (κ1) is 11.7. The average molecular weight is 253 g/mol. The number of hydrogen-bond acceptors (Lipinski definition) is 5. The van der Waals surface area contributed by atoms with Gasteiger partial charge in [0.2, 0.25) is 5.76 Å². The molecule has 2 aromatic heterocycles. The monoisotopic (exact) mass is 253 g/mol. The Morgan fingerprint density at radius 1 is 1.53 bits per heavy atom. The number of hydrogen-bond donors (Lipinski definition) is 1. The van der Waals surface area contributed by atoms with Crippen molar-refractivity contribution in [2.24, 2.45) is 7.05 Å². The highest BCUT2D eigenvalue weighted by Crippen LogP contribution is 2.24. The number of nitrogens with zero attached hydrogens (tertiary/aromatic N) is 3. The van der Waals surface area contributed by atoms with Gasteiger partial charge in [0.25, 0.3) is 0 Å². The van der Waals surface area contributed by atoms with E-state index in [0.717, 1.165) is 11.6 Å². The molecule has 0 saturated carbocycles. The Morgan fingerprint density at radius 2 is 2.29 bits per heavy atom. The Hall–Kier alpha value is -1.76. The second-order valence-electron chi connectivity index (χ2n) is 3.43. The summed E-state index contributed by atoms with van der Waals surface area (Å²) in [5, 5.41) is 17.2. The molecule has 0 fully saturated rings. The zero-order chi connectivity index (χ0) is 12.4. The number of furan rings is 1.